The molecule has 0 unspecified atom stereocenters. The predicted molar refractivity (Wildman–Crippen MR) is 125 cm³/mol. The molecule has 3 saturated carbocycles. The Kier molecular flexibility index (Phi) is 7.46. The Labute approximate surface area is 202 Å². The molecule has 0 aliphatic heterocycles. The van der Waals surface area contributed by atoms with Crippen molar-refractivity contribution in [3.8, 4) is 17.2 Å². The molecule has 34 heavy (non-hydrogen) atoms. The molecule has 0 heterocycles. The normalized spacial score (nSPS) is 22.8. The summed E-state index contributed by atoms with van der Waals surface area (Å²) in [4.78, 5) is 25.4. The molecule has 5 rings (SSSR count). The third-order valence-electron chi connectivity index (χ3n) is 6.72. The highest BCUT2D eigenvalue weighted by Crippen LogP contribution is 2.49. The number of nitrogens with one attached hydrogen (secondary N) is 2. The van der Waals surface area contributed by atoms with Gasteiger partial charge < -0.3 is 24.8 Å². The Bertz CT molecular complexity index is 1060. The first kappa shape index (κ1) is 24.1. The van der Waals surface area contributed by atoms with Crippen molar-refractivity contribution in [1.29, 1.82) is 0 Å². The monoisotopic (exact) mass is 490 g/mol. The lowest BCUT2D eigenvalue weighted by molar-refractivity contribution is -0.136. The number of ether oxygens (including phenoxy) is 3. The highest BCUT2D eigenvalue weighted by atomic mass is 35.5. The fourth-order valence-electron chi connectivity index (χ4n) is 4.80. The molecule has 2 bridgehead atoms. The molecule has 3 aliphatic carbocycles. The molecule has 2 atom stereocenters. The summed E-state index contributed by atoms with van der Waals surface area (Å²) in [5, 5.41) is 6.01. The molecule has 7 nitrogen and oxygen atoms in total. The average molecular weight is 491 g/mol. The second kappa shape index (κ2) is 10.5. The minimum atomic E-state index is -0.602. The molecule has 182 valence electrons. The van der Waals surface area contributed by atoms with Crippen molar-refractivity contribution in [2.24, 2.45) is 17.8 Å². The van der Waals surface area contributed by atoms with E-state index in [2.05, 4.69) is 10.6 Å². The van der Waals surface area contributed by atoms with Crippen LogP contribution in [0.25, 0.3) is 0 Å². The van der Waals surface area contributed by atoms with Crippen LogP contribution in [0.4, 0.5) is 4.39 Å². The van der Waals surface area contributed by atoms with Crippen LogP contribution >= 0.6 is 11.6 Å². The third kappa shape index (κ3) is 5.38. The first-order chi connectivity index (χ1) is 16.4. The molecule has 2 N–H and O–H groups in total. The van der Waals surface area contributed by atoms with Crippen LogP contribution in [0.3, 0.4) is 0 Å². The summed E-state index contributed by atoms with van der Waals surface area (Å²) in [5.41, 5.74) is 0.911. The molecule has 2 aromatic carbocycles. The highest BCUT2D eigenvalue weighted by molar-refractivity contribution is 6.30. The molecule has 0 saturated heterocycles. The topological polar surface area (TPSA) is 85.9 Å². The number of carbonyl (C=O) groups is 2. The third-order valence-corrected chi connectivity index (χ3v) is 7.02. The van der Waals surface area contributed by atoms with Crippen molar-refractivity contribution < 1.29 is 28.2 Å². The molecule has 3 aliphatic rings. The maximum Gasteiger partial charge on any atom is 0.258 e. The van der Waals surface area contributed by atoms with Gasteiger partial charge in [0.2, 0.25) is 5.91 Å². The second-order valence-corrected chi connectivity index (χ2v) is 9.19. The van der Waals surface area contributed by atoms with Gasteiger partial charge in [0.1, 0.15) is 11.6 Å². The maximum atomic E-state index is 13.5. The lowest BCUT2D eigenvalue weighted by Gasteiger charge is -2.50. The minimum Gasteiger partial charge on any atom is -0.493 e. The van der Waals surface area contributed by atoms with Crippen LogP contribution in [0.5, 0.6) is 17.2 Å². The van der Waals surface area contributed by atoms with Gasteiger partial charge in [0, 0.05) is 24.6 Å². The Balaban J connectivity index is 1.28. The zero-order valence-electron chi connectivity index (χ0n) is 19.1. The average Bonchev–Trinajstić information content (AvgIpc) is 2.82. The summed E-state index contributed by atoms with van der Waals surface area (Å²) in [5.74, 6) is 1.14. The summed E-state index contributed by atoms with van der Waals surface area (Å²) < 4.78 is 29.5. The second-order valence-electron chi connectivity index (χ2n) is 8.78. The first-order valence-corrected chi connectivity index (χ1v) is 11.6. The summed E-state index contributed by atoms with van der Waals surface area (Å²) >= 11 is 5.66. The van der Waals surface area contributed by atoms with Crippen LogP contribution < -0.4 is 24.8 Å². The molecule has 0 spiro atoms. The zero-order valence-corrected chi connectivity index (χ0v) is 19.9. The van der Waals surface area contributed by atoms with Crippen molar-refractivity contribution in [3.05, 3.63) is 52.8 Å². The Hall–Kier alpha value is -3.00. The molecule has 2 amide bonds. The fraction of sp³-hybridized carbons (Fsp3) is 0.440. The summed E-state index contributed by atoms with van der Waals surface area (Å²) in [6.07, 6.45) is 2.43. The molecular formula is C25H28ClFN2O5. The van der Waals surface area contributed by atoms with Crippen molar-refractivity contribution in [2.75, 3.05) is 20.8 Å². The van der Waals surface area contributed by atoms with E-state index in [1.165, 1.54) is 12.1 Å². The van der Waals surface area contributed by atoms with Gasteiger partial charge in [0.05, 0.1) is 19.2 Å². The predicted octanol–water partition coefficient (Wildman–Crippen LogP) is 3.72. The summed E-state index contributed by atoms with van der Waals surface area (Å²) in [6.45, 7) is 0.151. The minimum absolute atomic E-state index is 0.00556. The van der Waals surface area contributed by atoms with Crippen molar-refractivity contribution in [3.63, 3.8) is 0 Å². The largest absolute Gasteiger partial charge is 0.493 e. The first-order valence-electron chi connectivity index (χ1n) is 11.2. The van der Waals surface area contributed by atoms with E-state index < -0.39 is 5.82 Å². The number of rotatable bonds is 9. The van der Waals surface area contributed by atoms with Crippen LogP contribution in [-0.2, 0) is 16.1 Å². The van der Waals surface area contributed by atoms with Crippen molar-refractivity contribution >= 4 is 23.4 Å². The molecule has 3 fully saturated rings. The smallest absolute Gasteiger partial charge is 0.258 e. The van der Waals surface area contributed by atoms with Crippen LogP contribution in [-0.4, -0.2) is 38.7 Å². The van der Waals surface area contributed by atoms with Gasteiger partial charge in [-0.25, -0.2) is 4.39 Å². The van der Waals surface area contributed by atoms with E-state index in [0.29, 0.717) is 36.3 Å². The number of carbonyl (C=O) groups excluding carboxylic acids is 2. The number of benzene rings is 2. The fourth-order valence-corrected chi connectivity index (χ4v) is 4.91. The number of amides is 2. The van der Waals surface area contributed by atoms with Gasteiger partial charge in [-0.05, 0) is 60.9 Å². The SMILES string of the molecule is COc1ccc(CNC(=O)[C@@H]2C[C@H](NC(=O)COc3ccc(Cl)c(F)c3)C3CC2C3)cc1OC. The van der Waals surface area contributed by atoms with E-state index in [9.17, 15) is 14.0 Å². The van der Waals surface area contributed by atoms with E-state index in [4.69, 9.17) is 25.8 Å². The van der Waals surface area contributed by atoms with E-state index in [1.807, 2.05) is 18.2 Å². The molecule has 0 radical (unpaired) electrons. The number of fused-ring (bicyclic) bond motifs is 2. The Morgan fingerprint density at radius 1 is 1.03 bits per heavy atom. The lowest BCUT2D eigenvalue weighted by Crippen LogP contribution is -2.56. The number of hydrogen-bond acceptors (Lipinski definition) is 5. The van der Waals surface area contributed by atoms with Gasteiger partial charge in [-0.2, -0.15) is 0 Å². The van der Waals surface area contributed by atoms with Crippen molar-refractivity contribution in [1.82, 2.24) is 10.6 Å². The van der Waals surface area contributed by atoms with Gasteiger partial charge in [-0.1, -0.05) is 17.7 Å². The van der Waals surface area contributed by atoms with Gasteiger partial charge in [-0.3, -0.25) is 9.59 Å². The van der Waals surface area contributed by atoms with Crippen LogP contribution in [0, 0.1) is 23.6 Å². The van der Waals surface area contributed by atoms with Gasteiger partial charge in [-0.15, -0.1) is 0 Å². The lowest BCUT2D eigenvalue weighted by atomic mass is 9.57. The van der Waals surface area contributed by atoms with Gasteiger partial charge in [0.25, 0.3) is 5.91 Å². The number of hydrogen-bond donors (Lipinski definition) is 2. The zero-order chi connectivity index (χ0) is 24.2. The maximum absolute atomic E-state index is 13.5. The molecular weight excluding hydrogens is 463 g/mol. The highest BCUT2D eigenvalue weighted by Gasteiger charge is 2.48. The quantitative estimate of drug-likeness (QED) is 0.559. The summed E-state index contributed by atoms with van der Waals surface area (Å²) in [6, 6.07) is 9.49. The Morgan fingerprint density at radius 3 is 2.50 bits per heavy atom. The molecule has 2 aromatic rings. The Morgan fingerprint density at radius 2 is 1.79 bits per heavy atom. The number of methoxy groups -OCH3 is 2. The summed E-state index contributed by atoms with van der Waals surface area (Å²) in [7, 11) is 3.15. The standard InChI is InChI=1S/C25H28ClFN2O5/c1-32-22-6-3-14(7-23(22)33-2)12-28-25(31)18-11-21(16-8-15(18)9-16)29-24(30)13-34-17-4-5-19(26)20(27)10-17/h3-7,10,15-16,18,21H,8-9,11-13H2,1-2H3,(H,28,31)(H,29,30)/t15?,16?,18-,21+/m1/s1. The molecule has 0 aromatic heterocycles. The van der Waals surface area contributed by atoms with Gasteiger partial charge in [0.15, 0.2) is 18.1 Å². The van der Waals surface area contributed by atoms with Crippen molar-refractivity contribution in [2.45, 2.75) is 31.8 Å². The number of halogens is 2. The van der Waals surface area contributed by atoms with Crippen LogP contribution in [0.2, 0.25) is 5.02 Å². The van der Waals surface area contributed by atoms with Crippen LogP contribution in [0.15, 0.2) is 36.4 Å². The van der Waals surface area contributed by atoms with Crippen LogP contribution in [0.1, 0.15) is 24.8 Å². The van der Waals surface area contributed by atoms with E-state index >= 15 is 0 Å². The van der Waals surface area contributed by atoms with E-state index in [1.54, 1.807) is 14.2 Å². The van der Waals surface area contributed by atoms with E-state index in [0.717, 1.165) is 24.5 Å². The molecule has 9 heteroatoms. The van der Waals surface area contributed by atoms with Gasteiger partial charge >= 0.3 is 0 Å². The van der Waals surface area contributed by atoms with E-state index in [-0.39, 0.29) is 41.2 Å².